The van der Waals surface area contributed by atoms with E-state index in [4.69, 9.17) is 5.73 Å². The van der Waals surface area contributed by atoms with Crippen molar-refractivity contribution in [1.82, 2.24) is 4.90 Å². The number of hydrogen-bond acceptors (Lipinski definition) is 3. The molecule has 0 unspecified atom stereocenters. The summed E-state index contributed by atoms with van der Waals surface area (Å²) in [6.07, 6.45) is 0.463. The zero-order valence-electron chi connectivity index (χ0n) is 13.4. The smallest absolute Gasteiger partial charge is 0.387 e. The summed E-state index contributed by atoms with van der Waals surface area (Å²) < 4.78 is 28.5. The van der Waals surface area contributed by atoms with Crippen LogP contribution in [0.15, 0.2) is 54.6 Å². The van der Waals surface area contributed by atoms with Crippen molar-refractivity contribution in [3.05, 3.63) is 65.7 Å². The summed E-state index contributed by atoms with van der Waals surface area (Å²) in [5.74, 6) is -0.0877. The van der Waals surface area contributed by atoms with E-state index in [9.17, 15) is 13.6 Å². The van der Waals surface area contributed by atoms with Gasteiger partial charge in [-0.3, -0.25) is 4.79 Å². The van der Waals surface area contributed by atoms with E-state index in [1.54, 1.807) is 19.2 Å². The van der Waals surface area contributed by atoms with Crippen molar-refractivity contribution >= 4 is 5.91 Å². The van der Waals surface area contributed by atoms with Crippen LogP contribution in [0.4, 0.5) is 8.78 Å². The van der Waals surface area contributed by atoms with E-state index in [0.29, 0.717) is 13.0 Å². The maximum Gasteiger partial charge on any atom is 0.387 e. The first-order valence-electron chi connectivity index (χ1n) is 7.54. The molecule has 0 aromatic heterocycles. The number of benzene rings is 2. The van der Waals surface area contributed by atoms with Crippen molar-refractivity contribution in [1.29, 1.82) is 0 Å². The second-order valence-corrected chi connectivity index (χ2v) is 5.51. The average Bonchev–Trinajstić information content (AvgIpc) is 2.56. The lowest BCUT2D eigenvalue weighted by Crippen LogP contribution is -2.42. The van der Waals surface area contributed by atoms with Crippen LogP contribution in [0.3, 0.4) is 0 Å². The van der Waals surface area contributed by atoms with Gasteiger partial charge in [0.2, 0.25) is 5.91 Å². The average molecular weight is 334 g/mol. The van der Waals surface area contributed by atoms with Crippen LogP contribution in [-0.4, -0.2) is 30.5 Å². The number of carbonyl (C=O) groups excluding carboxylic acids is 1. The zero-order valence-corrected chi connectivity index (χ0v) is 13.4. The summed E-state index contributed by atoms with van der Waals surface area (Å²) in [5.41, 5.74) is 7.79. The number of halogens is 2. The summed E-state index contributed by atoms with van der Waals surface area (Å²) in [6, 6.07) is 15.1. The molecule has 0 heterocycles. The molecule has 6 heteroatoms. The van der Waals surface area contributed by atoms with Crippen molar-refractivity contribution < 1.29 is 18.3 Å². The lowest BCUT2D eigenvalue weighted by molar-refractivity contribution is -0.131. The third kappa shape index (κ3) is 5.31. The third-order valence-electron chi connectivity index (χ3n) is 3.56. The Labute approximate surface area is 139 Å². The quantitative estimate of drug-likeness (QED) is 0.847. The summed E-state index contributed by atoms with van der Waals surface area (Å²) in [4.78, 5) is 13.9. The number of ether oxygens (including phenoxy) is 1. The molecule has 1 amide bonds. The van der Waals surface area contributed by atoms with Crippen LogP contribution in [0.2, 0.25) is 0 Å². The molecular weight excluding hydrogens is 314 g/mol. The number of rotatable bonds is 7. The second kappa shape index (κ2) is 8.40. The number of nitrogens with zero attached hydrogens (tertiary/aromatic N) is 1. The van der Waals surface area contributed by atoms with E-state index < -0.39 is 12.7 Å². The van der Waals surface area contributed by atoms with Crippen molar-refractivity contribution in [2.45, 2.75) is 25.6 Å². The molecule has 2 aromatic carbocycles. The summed E-state index contributed by atoms with van der Waals surface area (Å²) in [5, 5.41) is 0. The lowest BCUT2D eigenvalue weighted by atomic mass is 10.1. The van der Waals surface area contributed by atoms with Gasteiger partial charge >= 0.3 is 6.61 Å². The van der Waals surface area contributed by atoms with Crippen molar-refractivity contribution in [2.75, 3.05) is 7.05 Å². The van der Waals surface area contributed by atoms with E-state index in [0.717, 1.165) is 11.1 Å². The number of carbonyl (C=O) groups is 1. The largest absolute Gasteiger partial charge is 0.435 e. The predicted octanol–water partition coefficient (Wildman–Crippen LogP) is 2.82. The Morgan fingerprint density at radius 3 is 2.29 bits per heavy atom. The van der Waals surface area contributed by atoms with Crippen LogP contribution in [0.25, 0.3) is 0 Å². The molecular formula is C18H20F2N2O2. The first kappa shape index (κ1) is 17.9. The number of amides is 1. The minimum Gasteiger partial charge on any atom is -0.435 e. The fourth-order valence-electron chi connectivity index (χ4n) is 2.37. The Kier molecular flexibility index (Phi) is 6.26. The molecule has 0 aliphatic rings. The van der Waals surface area contributed by atoms with Gasteiger partial charge in [0.05, 0.1) is 6.04 Å². The van der Waals surface area contributed by atoms with Crippen LogP contribution in [0, 0.1) is 0 Å². The molecule has 0 aliphatic carbocycles. The summed E-state index contributed by atoms with van der Waals surface area (Å²) >= 11 is 0. The Morgan fingerprint density at radius 2 is 1.71 bits per heavy atom. The first-order chi connectivity index (χ1) is 11.5. The van der Waals surface area contributed by atoms with Gasteiger partial charge in [0.25, 0.3) is 0 Å². The molecule has 2 rings (SSSR count). The number of nitrogens with two attached hydrogens (primary N) is 1. The maximum absolute atomic E-state index is 12.3. The summed E-state index contributed by atoms with van der Waals surface area (Å²) in [6.45, 7) is -2.51. The lowest BCUT2D eigenvalue weighted by Gasteiger charge is -2.21. The maximum atomic E-state index is 12.3. The standard InChI is InChI=1S/C18H20F2N2O2/c1-22(12-14-7-9-15(10-8-14)24-18(19)20)17(23)16(21)11-13-5-3-2-4-6-13/h2-10,16,18H,11-12,21H2,1H3/t16-/m0/s1. The van der Waals surface area contributed by atoms with Gasteiger partial charge in [-0.15, -0.1) is 0 Å². The molecule has 0 saturated heterocycles. The molecule has 0 fully saturated rings. The Balaban J connectivity index is 1.90. The van der Waals surface area contributed by atoms with Gasteiger partial charge in [0.1, 0.15) is 5.75 Å². The van der Waals surface area contributed by atoms with Crippen molar-refractivity contribution in [3.8, 4) is 5.75 Å². The fraction of sp³-hybridized carbons (Fsp3) is 0.278. The minimum atomic E-state index is -2.85. The first-order valence-corrected chi connectivity index (χ1v) is 7.54. The number of hydrogen-bond donors (Lipinski definition) is 1. The van der Waals surface area contributed by atoms with Crippen LogP contribution in [0.5, 0.6) is 5.75 Å². The second-order valence-electron chi connectivity index (χ2n) is 5.51. The van der Waals surface area contributed by atoms with E-state index in [-0.39, 0.29) is 11.7 Å². The van der Waals surface area contributed by atoms with Crippen LogP contribution >= 0.6 is 0 Å². The third-order valence-corrected chi connectivity index (χ3v) is 3.56. The Bertz CT molecular complexity index is 648. The van der Waals surface area contributed by atoms with Gasteiger partial charge in [-0.1, -0.05) is 42.5 Å². The summed E-state index contributed by atoms with van der Waals surface area (Å²) in [7, 11) is 1.66. The molecule has 2 N–H and O–H groups in total. The molecule has 0 bridgehead atoms. The molecule has 24 heavy (non-hydrogen) atoms. The van der Waals surface area contributed by atoms with Gasteiger partial charge in [0, 0.05) is 13.6 Å². The molecule has 0 radical (unpaired) electrons. The van der Waals surface area contributed by atoms with Crippen LogP contribution in [-0.2, 0) is 17.8 Å². The highest BCUT2D eigenvalue weighted by Gasteiger charge is 2.18. The van der Waals surface area contributed by atoms with Gasteiger partial charge in [-0.2, -0.15) is 8.78 Å². The molecule has 4 nitrogen and oxygen atoms in total. The molecule has 0 spiro atoms. The SMILES string of the molecule is CN(Cc1ccc(OC(F)F)cc1)C(=O)[C@@H](N)Cc1ccccc1. The highest BCUT2D eigenvalue weighted by atomic mass is 19.3. The van der Waals surface area contributed by atoms with Crippen molar-refractivity contribution in [3.63, 3.8) is 0 Å². The van der Waals surface area contributed by atoms with Gasteiger partial charge in [-0.05, 0) is 29.7 Å². The normalized spacial score (nSPS) is 12.0. The highest BCUT2D eigenvalue weighted by Crippen LogP contribution is 2.16. The van der Waals surface area contributed by atoms with Gasteiger partial charge in [0.15, 0.2) is 0 Å². The van der Waals surface area contributed by atoms with Crippen LogP contribution in [0.1, 0.15) is 11.1 Å². The molecule has 0 aliphatic heterocycles. The Morgan fingerprint density at radius 1 is 1.08 bits per heavy atom. The Hall–Kier alpha value is -2.47. The highest BCUT2D eigenvalue weighted by molar-refractivity contribution is 5.81. The molecule has 128 valence electrons. The van der Waals surface area contributed by atoms with E-state index in [1.807, 2.05) is 30.3 Å². The minimum absolute atomic E-state index is 0.0866. The van der Waals surface area contributed by atoms with E-state index >= 15 is 0 Å². The fourth-order valence-corrected chi connectivity index (χ4v) is 2.37. The predicted molar refractivity (Wildman–Crippen MR) is 87.7 cm³/mol. The monoisotopic (exact) mass is 334 g/mol. The molecule has 0 saturated carbocycles. The van der Waals surface area contributed by atoms with Gasteiger partial charge < -0.3 is 15.4 Å². The van der Waals surface area contributed by atoms with E-state index in [2.05, 4.69) is 4.74 Å². The van der Waals surface area contributed by atoms with Crippen LogP contribution < -0.4 is 10.5 Å². The van der Waals surface area contributed by atoms with Crippen molar-refractivity contribution in [2.24, 2.45) is 5.73 Å². The van der Waals surface area contributed by atoms with Gasteiger partial charge in [-0.25, -0.2) is 0 Å². The van der Waals surface area contributed by atoms with E-state index in [1.165, 1.54) is 17.0 Å². The molecule has 2 aromatic rings. The molecule has 1 atom stereocenters. The number of alkyl halides is 2. The topological polar surface area (TPSA) is 55.6 Å². The number of likely N-dealkylation sites (N-methyl/N-ethyl adjacent to an activating group) is 1. The zero-order chi connectivity index (χ0) is 17.5.